The van der Waals surface area contributed by atoms with Crippen molar-refractivity contribution >= 4 is 5.71 Å². The lowest BCUT2D eigenvalue weighted by atomic mass is 9.91. The predicted molar refractivity (Wildman–Crippen MR) is 127 cm³/mol. The van der Waals surface area contributed by atoms with Crippen molar-refractivity contribution in [3.8, 4) is 11.5 Å². The van der Waals surface area contributed by atoms with Gasteiger partial charge in [-0.2, -0.15) is 0 Å². The molecule has 0 spiro atoms. The van der Waals surface area contributed by atoms with Crippen LogP contribution >= 0.6 is 0 Å². The predicted octanol–water partition coefficient (Wildman–Crippen LogP) is 7.64. The first kappa shape index (κ1) is 26.7. The van der Waals surface area contributed by atoms with Gasteiger partial charge in [0.25, 0.3) is 0 Å². The van der Waals surface area contributed by atoms with E-state index in [1.165, 1.54) is 51.4 Å². The Morgan fingerprint density at radius 2 is 1.24 bits per heavy atom. The van der Waals surface area contributed by atoms with Gasteiger partial charge in [0.1, 0.15) is 11.5 Å². The molecule has 29 heavy (non-hydrogen) atoms. The van der Waals surface area contributed by atoms with Crippen molar-refractivity contribution in [2.45, 2.75) is 72.6 Å². The van der Waals surface area contributed by atoms with Gasteiger partial charge in [-0.15, -0.1) is 0 Å². The highest BCUT2D eigenvalue weighted by Gasteiger charge is 2.20. The summed E-state index contributed by atoms with van der Waals surface area (Å²) in [6.07, 6.45) is 11.0. The van der Waals surface area contributed by atoms with Crippen molar-refractivity contribution in [1.82, 2.24) is 0 Å². The third-order valence-electron chi connectivity index (χ3n) is 4.49. The van der Waals surface area contributed by atoms with E-state index in [4.69, 9.17) is 10.2 Å². The second kappa shape index (κ2) is 17.8. The van der Waals surface area contributed by atoms with Crippen LogP contribution in [0.25, 0.3) is 0 Å². The summed E-state index contributed by atoms with van der Waals surface area (Å²) in [5.41, 5.74) is 1.56. The van der Waals surface area contributed by atoms with Crippen LogP contribution < -0.4 is 0 Å². The normalized spacial score (nSPS) is 16.9. The molecule has 3 nitrogen and oxygen atoms in total. The molecule has 1 heterocycles. The number of aliphatic imine (C=N–C) groups is 1. The standard InChI is InChI=1S/C10H17N.2C6H6O.C3H8.CH4/c1-2-5-9-6-4-8-11-10(9)7-3-1;2*7-6-4-2-1-3-5-6;1-3-2;/h9H,1-8H2;2*1-5,7H;3H2,1-2H3;1H4. The minimum absolute atomic E-state index is 0. The highest BCUT2D eigenvalue weighted by Crippen LogP contribution is 2.27. The van der Waals surface area contributed by atoms with Crippen LogP contribution in [-0.4, -0.2) is 22.5 Å². The largest absolute Gasteiger partial charge is 0.508 e. The van der Waals surface area contributed by atoms with Crippen LogP contribution in [0.15, 0.2) is 65.7 Å². The van der Waals surface area contributed by atoms with Crippen molar-refractivity contribution in [3.63, 3.8) is 0 Å². The molecule has 1 unspecified atom stereocenters. The Labute approximate surface area is 178 Å². The molecule has 1 fully saturated rings. The van der Waals surface area contributed by atoms with E-state index < -0.39 is 0 Å². The maximum Gasteiger partial charge on any atom is 0.115 e. The Bertz CT molecular complexity index is 588. The highest BCUT2D eigenvalue weighted by molar-refractivity contribution is 5.87. The molecule has 4 rings (SSSR count). The maximum atomic E-state index is 8.63. The molecule has 0 aromatic heterocycles. The zero-order valence-electron chi connectivity index (χ0n) is 17.6. The number of hydrogen-bond acceptors (Lipinski definition) is 3. The molecule has 1 saturated carbocycles. The summed E-state index contributed by atoms with van der Waals surface area (Å²) in [6.45, 7) is 5.37. The van der Waals surface area contributed by atoms with Crippen molar-refractivity contribution in [2.24, 2.45) is 10.9 Å². The van der Waals surface area contributed by atoms with Gasteiger partial charge in [0.15, 0.2) is 0 Å². The number of para-hydroxylation sites is 2. The molecule has 1 aliphatic carbocycles. The zero-order chi connectivity index (χ0) is 20.5. The molecule has 2 N–H and O–H groups in total. The molecule has 1 aliphatic heterocycles. The lowest BCUT2D eigenvalue weighted by Gasteiger charge is -2.20. The Balaban J connectivity index is 0.000000386. The van der Waals surface area contributed by atoms with Crippen LogP contribution in [-0.2, 0) is 0 Å². The first-order valence-electron chi connectivity index (χ1n) is 10.7. The van der Waals surface area contributed by atoms with E-state index in [1.807, 2.05) is 12.1 Å². The van der Waals surface area contributed by atoms with E-state index in [2.05, 4.69) is 18.8 Å². The summed E-state index contributed by atoms with van der Waals surface area (Å²) < 4.78 is 0. The molecule has 2 aliphatic rings. The zero-order valence-corrected chi connectivity index (χ0v) is 17.6. The SMILES string of the molecule is C.C1CCC2=NCCCC2CC1.CCC.Oc1ccccc1.Oc1ccccc1. The number of rotatable bonds is 0. The molecule has 0 radical (unpaired) electrons. The minimum atomic E-state index is 0. The topological polar surface area (TPSA) is 52.8 Å². The smallest absolute Gasteiger partial charge is 0.115 e. The summed E-state index contributed by atoms with van der Waals surface area (Å²) in [5.74, 6) is 1.54. The van der Waals surface area contributed by atoms with E-state index in [1.54, 1.807) is 54.2 Å². The van der Waals surface area contributed by atoms with Gasteiger partial charge in [-0.05, 0) is 62.3 Å². The van der Waals surface area contributed by atoms with Crippen LogP contribution in [0.3, 0.4) is 0 Å². The molecular weight excluding hydrogens is 358 g/mol. The average molecular weight is 400 g/mol. The summed E-state index contributed by atoms with van der Waals surface area (Å²) in [4.78, 5) is 4.63. The third kappa shape index (κ3) is 13.5. The van der Waals surface area contributed by atoms with Gasteiger partial charge in [0, 0.05) is 12.3 Å². The fourth-order valence-electron chi connectivity index (χ4n) is 3.18. The first-order valence-corrected chi connectivity index (χ1v) is 10.7. The number of aromatic hydroxyl groups is 2. The number of phenolic OH excluding ortho intramolecular Hbond substituents is 2. The Morgan fingerprint density at radius 1 is 0.759 bits per heavy atom. The number of phenols is 2. The Kier molecular flexibility index (Phi) is 16.4. The van der Waals surface area contributed by atoms with Crippen molar-refractivity contribution < 1.29 is 10.2 Å². The molecular formula is C26H41NO2. The maximum absolute atomic E-state index is 8.63. The Hall–Kier alpha value is -2.29. The molecule has 0 saturated heterocycles. The minimum Gasteiger partial charge on any atom is -0.508 e. The number of hydrogen-bond donors (Lipinski definition) is 2. The van der Waals surface area contributed by atoms with Gasteiger partial charge in [0.05, 0.1) is 0 Å². The van der Waals surface area contributed by atoms with Gasteiger partial charge >= 0.3 is 0 Å². The highest BCUT2D eigenvalue weighted by atomic mass is 16.3. The van der Waals surface area contributed by atoms with Gasteiger partial charge in [-0.25, -0.2) is 0 Å². The quantitative estimate of drug-likeness (QED) is 0.478. The molecule has 1 atom stereocenters. The average Bonchev–Trinajstić information content (AvgIpc) is 2.96. The van der Waals surface area contributed by atoms with E-state index in [0.717, 1.165) is 12.5 Å². The number of benzene rings is 2. The summed E-state index contributed by atoms with van der Waals surface area (Å²) in [7, 11) is 0. The van der Waals surface area contributed by atoms with Crippen molar-refractivity contribution in [1.29, 1.82) is 0 Å². The van der Waals surface area contributed by atoms with Gasteiger partial charge in [-0.3, -0.25) is 4.99 Å². The summed E-state index contributed by atoms with van der Waals surface area (Å²) in [6, 6.07) is 17.4. The monoisotopic (exact) mass is 399 g/mol. The molecule has 0 bridgehead atoms. The summed E-state index contributed by atoms with van der Waals surface area (Å²) >= 11 is 0. The van der Waals surface area contributed by atoms with E-state index in [0.29, 0.717) is 11.5 Å². The lowest BCUT2D eigenvalue weighted by molar-refractivity contribution is 0.475. The van der Waals surface area contributed by atoms with Gasteiger partial charge < -0.3 is 10.2 Å². The van der Waals surface area contributed by atoms with Gasteiger partial charge in [0.2, 0.25) is 0 Å². The third-order valence-corrected chi connectivity index (χ3v) is 4.49. The fraction of sp³-hybridized carbons (Fsp3) is 0.500. The van der Waals surface area contributed by atoms with E-state index >= 15 is 0 Å². The second-order valence-electron chi connectivity index (χ2n) is 7.19. The van der Waals surface area contributed by atoms with Crippen LogP contribution in [0.2, 0.25) is 0 Å². The van der Waals surface area contributed by atoms with E-state index in [-0.39, 0.29) is 7.43 Å². The van der Waals surface area contributed by atoms with Crippen molar-refractivity contribution in [2.75, 3.05) is 6.54 Å². The van der Waals surface area contributed by atoms with Crippen LogP contribution in [0.5, 0.6) is 11.5 Å². The fourth-order valence-corrected chi connectivity index (χ4v) is 3.18. The lowest BCUT2D eigenvalue weighted by Crippen LogP contribution is -2.17. The van der Waals surface area contributed by atoms with Crippen molar-refractivity contribution in [3.05, 3.63) is 60.7 Å². The molecule has 162 valence electrons. The molecule has 0 amide bonds. The van der Waals surface area contributed by atoms with Crippen LogP contribution in [0.1, 0.15) is 72.6 Å². The first-order chi connectivity index (χ1) is 13.7. The Morgan fingerprint density at radius 3 is 1.69 bits per heavy atom. The summed E-state index contributed by atoms with van der Waals surface area (Å²) in [5, 5.41) is 17.3. The molecule has 2 aromatic rings. The second-order valence-corrected chi connectivity index (χ2v) is 7.19. The molecule has 2 aromatic carbocycles. The number of fused-ring (bicyclic) bond motifs is 1. The van der Waals surface area contributed by atoms with E-state index in [9.17, 15) is 0 Å². The number of nitrogens with zero attached hydrogens (tertiary/aromatic N) is 1. The van der Waals surface area contributed by atoms with Crippen LogP contribution in [0, 0.1) is 5.92 Å². The van der Waals surface area contributed by atoms with Gasteiger partial charge in [-0.1, -0.05) is 76.9 Å². The van der Waals surface area contributed by atoms with Crippen LogP contribution in [0.4, 0.5) is 0 Å². The molecule has 3 heteroatoms.